The topological polar surface area (TPSA) is 84.6 Å². The minimum atomic E-state index is -0.321. The van der Waals surface area contributed by atoms with Gasteiger partial charge in [0.2, 0.25) is 0 Å². The molecule has 1 aliphatic rings. The van der Waals surface area contributed by atoms with Crippen LogP contribution in [0.25, 0.3) is 0 Å². The number of anilines is 1. The van der Waals surface area contributed by atoms with Gasteiger partial charge in [0.1, 0.15) is 11.9 Å². The molecule has 6 heteroatoms. The zero-order chi connectivity index (χ0) is 13.4. The lowest BCUT2D eigenvalue weighted by molar-refractivity contribution is -0.124. The number of rotatable bonds is 2. The van der Waals surface area contributed by atoms with Gasteiger partial charge >= 0.3 is 0 Å². The van der Waals surface area contributed by atoms with Crippen molar-refractivity contribution in [2.24, 2.45) is 5.73 Å². The maximum Gasteiger partial charge on any atom is 0.253 e. The zero-order valence-electron chi connectivity index (χ0n) is 9.83. The Morgan fingerprint density at radius 2 is 2.11 bits per heavy atom. The Bertz CT molecular complexity index is 389. The molecule has 0 saturated carbocycles. The summed E-state index contributed by atoms with van der Waals surface area (Å²) in [5.41, 5.74) is 6.29. The molecule has 1 heterocycles. The van der Waals surface area contributed by atoms with Crippen molar-refractivity contribution in [1.82, 2.24) is 0 Å². The Hall–Kier alpha value is -1.66. The van der Waals surface area contributed by atoms with Crippen LogP contribution in [-0.4, -0.2) is 29.2 Å². The molecule has 1 aliphatic heterocycles. The second-order valence-electron chi connectivity index (χ2n) is 3.67. The van der Waals surface area contributed by atoms with E-state index in [1.807, 2.05) is 0 Å². The van der Waals surface area contributed by atoms with Crippen molar-refractivity contribution in [3.05, 3.63) is 24.3 Å². The van der Waals surface area contributed by atoms with E-state index in [1.165, 1.54) is 12.1 Å². The summed E-state index contributed by atoms with van der Waals surface area (Å²) in [7, 11) is 0. The van der Waals surface area contributed by atoms with Crippen LogP contribution in [-0.2, 0) is 9.53 Å². The van der Waals surface area contributed by atoms with Gasteiger partial charge in [-0.15, -0.1) is 0 Å². The van der Waals surface area contributed by atoms with E-state index in [9.17, 15) is 4.79 Å². The van der Waals surface area contributed by atoms with Crippen molar-refractivity contribution in [1.29, 1.82) is 0 Å². The van der Waals surface area contributed by atoms with Crippen molar-refractivity contribution in [2.75, 3.05) is 11.9 Å². The number of nitrogens with one attached hydrogen (secondary N) is 1. The summed E-state index contributed by atoms with van der Waals surface area (Å²) in [4.78, 5) is 11.6. The van der Waals surface area contributed by atoms with Crippen LogP contribution in [0.3, 0.4) is 0 Å². The molecular weight excluding hydrogens is 252 g/mol. The second kappa shape index (κ2) is 7.62. The Balaban J connectivity index is 0.000000492. The molecule has 0 spiro atoms. The van der Waals surface area contributed by atoms with Gasteiger partial charge < -0.3 is 20.9 Å². The van der Waals surface area contributed by atoms with Crippen LogP contribution in [0, 0.1) is 0 Å². The van der Waals surface area contributed by atoms with Crippen molar-refractivity contribution in [3.63, 3.8) is 0 Å². The Morgan fingerprint density at radius 3 is 2.61 bits per heavy atom. The average Bonchev–Trinajstić information content (AvgIpc) is 2.87. The highest BCUT2D eigenvalue weighted by Crippen LogP contribution is 2.17. The van der Waals surface area contributed by atoms with Gasteiger partial charge in [0.25, 0.3) is 5.91 Å². The van der Waals surface area contributed by atoms with Crippen molar-refractivity contribution in [2.45, 2.75) is 18.9 Å². The maximum atomic E-state index is 11.6. The monoisotopic (exact) mass is 268 g/mol. The first kappa shape index (κ1) is 14.4. The molecule has 1 amide bonds. The number of amides is 1. The number of carbonyl (C=O) groups excluding carboxylic acids is 1. The number of ether oxygens (including phenoxy) is 1. The van der Waals surface area contributed by atoms with Crippen LogP contribution in [0.1, 0.15) is 12.8 Å². The zero-order valence-corrected chi connectivity index (χ0v) is 10.7. The molecule has 0 bridgehead atoms. The quantitative estimate of drug-likeness (QED) is 0.558. The summed E-state index contributed by atoms with van der Waals surface area (Å²) >= 11 is 4.05. The predicted molar refractivity (Wildman–Crippen MR) is 73.6 cm³/mol. The first-order valence-corrected chi connectivity index (χ1v) is 6.01. The summed E-state index contributed by atoms with van der Waals surface area (Å²) < 4.78 is 5.25. The molecular formula is C12H16N2O3S. The predicted octanol–water partition coefficient (Wildman–Crippen LogP) is 1.41. The summed E-state index contributed by atoms with van der Waals surface area (Å²) in [6.45, 7) is 0.660. The lowest BCUT2D eigenvalue weighted by atomic mass is 10.2. The lowest BCUT2D eigenvalue weighted by Gasteiger charge is -2.10. The minimum absolute atomic E-state index is 0.113. The highest BCUT2D eigenvalue weighted by atomic mass is 32.1. The number of aromatic hydroxyl groups is 1. The fourth-order valence-electron chi connectivity index (χ4n) is 1.55. The molecule has 98 valence electrons. The Kier molecular flexibility index (Phi) is 6.10. The fraction of sp³-hybridized carbons (Fsp3) is 0.333. The van der Waals surface area contributed by atoms with E-state index < -0.39 is 0 Å². The van der Waals surface area contributed by atoms with Gasteiger partial charge in [0, 0.05) is 12.3 Å². The fourth-order valence-corrected chi connectivity index (χ4v) is 1.55. The minimum Gasteiger partial charge on any atom is -0.508 e. The molecule has 0 aliphatic carbocycles. The molecule has 0 radical (unpaired) electrons. The number of thiocarbonyl (C=S) groups is 1. The van der Waals surface area contributed by atoms with E-state index in [4.69, 9.17) is 9.84 Å². The lowest BCUT2D eigenvalue weighted by Crippen LogP contribution is -2.26. The largest absolute Gasteiger partial charge is 0.508 e. The third-order valence-electron chi connectivity index (χ3n) is 2.36. The molecule has 18 heavy (non-hydrogen) atoms. The van der Waals surface area contributed by atoms with Crippen LogP contribution >= 0.6 is 12.2 Å². The molecule has 1 unspecified atom stereocenters. The van der Waals surface area contributed by atoms with Gasteiger partial charge in [-0.3, -0.25) is 4.79 Å². The van der Waals surface area contributed by atoms with Gasteiger partial charge in [0.05, 0.1) is 5.49 Å². The number of benzene rings is 1. The first-order valence-electron chi connectivity index (χ1n) is 5.54. The summed E-state index contributed by atoms with van der Waals surface area (Å²) in [5, 5.41) is 11.8. The average molecular weight is 268 g/mol. The van der Waals surface area contributed by atoms with Crippen molar-refractivity contribution >= 4 is 29.3 Å². The molecule has 1 aromatic rings. The van der Waals surface area contributed by atoms with Crippen LogP contribution in [0.5, 0.6) is 5.75 Å². The molecule has 1 aromatic carbocycles. The molecule has 5 nitrogen and oxygen atoms in total. The van der Waals surface area contributed by atoms with Crippen LogP contribution < -0.4 is 11.1 Å². The van der Waals surface area contributed by atoms with Crippen LogP contribution in [0.4, 0.5) is 5.69 Å². The van der Waals surface area contributed by atoms with Gasteiger partial charge in [0.15, 0.2) is 0 Å². The summed E-state index contributed by atoms with van der Waals surface area (Å²) in [6, 6.07) is 6.38. The first-order chi connectivity index (χ1) is 8.67. The van der Waals surface area contributed by atoms with E-state index in [0.29, 0.717) is 12.3 Å². The molecule has 1 fully saturated rings. The second-order valence-corrected chi connectivity index (χ2v) is 3.95. The standard InChI is InChI=1S/C11H13NO3.CH3NS/c13-9-5-3-8(4-6-9)12-11(14)10-2-1-7-15-10;2-1-3/h3-6,10,13H,1-2,7H2,(H,12,14);1H,(H2,2,3). The molecule has 1 saturated heterocycles. The van der Waals surface area contributed by atoms with E-state index in [1.54, 1.807) is 12.1 Å². The van der Waals surface area contributed by atoms with Gasteiger partial charge in [-0.2, -0.15) is 0 Å². The number of hydrogen-bond donors (Lipinski definition) is 3. The number of carbonyl (C=O) groups is 1. The van der Waals surface area contributed by atoms with Gasteiger partial charge in [-0.05, 0) is 37.1 Å². The highest BCUT2D eigenvalue weighted by molar-refractivity contribution is 7.78. The van der Waals surface area contributed by atoms with Gasteiger partial charge in [-0.1, -0.05) is 12.2 Å². The van der Waals surface area contributed by atoms with Crippen molar-refractivity contribution in [3.8, 4) is 5.75 Å². The maximum absolute atomic E-state index is 11.6. The third kappa shape index (κ3) is 4.68. The summed E-state index contributed by atoms with van der Waals surface area (Å²) in [5.74, 6) is 0.0725. The van der Waals surface area contributed by atoms with Crippen molar-refractivity contribution < 1.29 is 14.6 Å². The summed E-state index contributed by atoms with van der Waals surface area (Å²) in [6.07, 6.45) is 1.40. The smallest absolute Gasteiger partial charge is 0.253 e. The number of nitrogens with two attached hydrogens (primary N) is 1. The van der Waals surface area contributed by atoms with Crippen LogP contribution in [0.2, 0.25) is 0 Å². The van der Waals surface area contributed by atoms with E-state index in [0.717, 1.165) is 18.3 Å². The number of phenols is 1. The number of hydrogen-bond acceptors (Lipinski definition) is 4. The SMILES string of the molecule is NC=S.O=C(Nc1ccc(O)cc1)C1CCCO1. The van der Waals surface area contributed by atoms with Crippen LogP contribution in [0.15, 0.2) is 24.3 Å². The highest BCUT2D eigenvalue weighted by Gasteiger charge is 2.23. The number of phenolic OH excluding ortho intramolecular Hbond substituents is 1. The Morgan fingerprint density at radius 1 is 1.50 bits per heavy atom. The molecule has 2 rings (SSSR count). The molecule has 0 aromatic heterocycles. The van der Waals surface area contributed by atoms with E-state index in [-0.39, 0.29) is 17.8 Å². The molecule has 4 N–H and O–H groups in total. The van der Waals surface area contributed by atoms with E-state index in [2.05, 4.69) is 23.3 Å². The Labute approximate surface area is 111 Å². The van der Waals surface area contributed by atoms with Gasteiger partial charge in [-0.25, -0.2) is 0 Å². The van der Waals surface area contributed by atoms with E-state index >= 15 is 0 Å². The molecule has 1 atom stereocenters. The normalized spacial score (nSPS) is 17.4. The third-order valence-corrected chi connectivity index (χ3v) is 2.36.